The fourth-order valence-corrected chi connectivity index (χ4v) is 4.32. The molecule has 2 N–H and O–H groups in total. The number of benzene rings is 2. The van der Waals surface area contributed by atoms with Crippen LogP contribution in [0, 0.1) is 6.92 Å². The van der Waals surface area contributed by atoms with E-state index in [-0.39, 0.29) is 5.91 Å². The van der Waals surface area contributed by atoms with Crippen molar-refractivity contribution >= 4 is 59.9 Å². The Bertz CT molecular complexity index is 1050. The number of rotatable bonds is 3. The standard InChI is InChI=1S/C18H15ClN2OS/c1-10-12-8-15(18(22)20-7-6-19)21-14(12)9-13-11-4-2-3-5-16(11)23-17(10)13/h2-5,8-9,21H,6-7H2,1H3,(H,20,22). The lowest BCUT2D eigenvalue weighted by Crippen LogP contribution is -2.25. The van der Waals surface area contributed by atoms with Gasteiger partial charge in [-0.05, 0) is 30.7 Å². The van der Waals surface area contributed by atoms with Crippen LogP contribution in [0.25, 0.3) is 31.1 Å². The maximum absolute atomic E-state index is 12.1. The van der Waals surface area contributed by atoms with Crippen molar-refractivity contribution in [1.82, 2.24) is 10.3 Å². The number of aromatic amines is 1. The number of aromatic nitrogens is 1. The molecule has 0 unspecified atom stereocenters. The second kappa shape index (κ2) is 5.55. The lowest BCUT2D eigenvalue weighted by Gasteiger charge is -1.99. The molecule has 3 nitrogen and oxygen atoms in total. The summed E-state index contributed by atoms with van der Waals surface area (Å²) in [5.74, 6) is 0.293. The number of hydrogen-bond acceptors (Lipinski definition) is 2. The lowest BCUT2D eigenvalue weighted by molar-refractivity contribution is 0.0952. The molecule has 0 spiro atoms. The molecule has 0 aliphatic heterocycles. The van der Waals surface area contributed by atoms with E-state index in [0.717, 1.165) is 10.9 Å². The number of carbonyl (C=O) groups excluding carboxylic acids is 1. The number of H-pyrrole nitrogens is 1. The summed E-state index contributed by atoms with van der Waals surface area (Å²) in [4.78, 5) is 15.4. The molecule has 0 bridgehead atoms. The van der Waals surface area contributed by atoms with Gasteiger partial charge in [0.1, 0.15) is 5.69 Å². The van der Waals surface area contributed by atoms with E-state index in [1.807, 2.05) is 6.07 Å². The number of hydrogen-bond donors (Lipinski definition) is 2. The number of fused-ring (bicyclic) bond motifs is 4. The van der Waals surface area contributed by atoms with Gasteiger partial charge in [0.2, 0.25) is 0 Å². The number of thiophene rings is 1. The molecule has 4 rings (SSSR count). The van der Waals surface area contributed by atoms with Gasteiger partial charge in [0.25, 0.3) is 5.91 Å². The van der Waals surface area contributed by atoms with E-state index in [9.17, 15) is 4.79 Å². The Morgan fingerprint density at radius 2 is 2.04 bits per heavy atom. The smallest absolute Gasteiger partial charge is 0.267 e. The van der Waals surface area contributed by atoms with Crippen LogP contribution >= 0.6 is 22.9 Å². The van der Waals surface area contributed by atoms with Gasteiger partial charge in [0, 0.05) is 43.5 Å². The molecule has 0 radical (unpaired) electrons. The van der Waals surface area contributed by atoms with Crippen molar-refractivity contribution in [3.63, 3.8) is 0 Å². The normalized spacial score (nSPS) is 11.6. The van der Waals surface area contributed by atoms with Crippen LogP contribution in [0.2, 0.25) is 0 Å². The molecule has 0 saturated carbocycles. The third-order valence-electron chi connectivity index (χ3n) is 4.14. The Labute approximate surface area is 142 Å². The van der Waals surface area contributed by atoms with Gasteiger partial charge in [-0.25, -0.2) is 0 Å². The van der Waals surface area contributed by atoms with Crippen molar-refractivity contribution < 1.29 is 4.79 Å². The first-order valence-corrected chi connectivity index (χ1v) is 8.82. The van der Waals surface area contributed by atoms with Crippen molar-refractivity contribution in [1.29, 1.82) is 0 Å². The van der Waals surface area contributed by atoms with Crippen LogP contribution in [0.3, 0.4) is 0 Å². The molecule has 116 valence electrons. The van der Waals surface area contributed by atoms with Crippen molar-refractivity contribution in [3.05, 3.63) is 47.7 Å². The minimum Gasteiger partial charge on any atom is -0.351 e. The van der Waals surface area contributed by atoms with E-state index in [4.69, 9.17) is 11.6 Å². The Morgan fingerprint density at radius 1 is 1.22 bits per heavy atom. The summed E-state index contributed by atoms with van der Waals surface area (Å²) < 4.78 is 2.57. The SMILES string of the molecule is Cc1c2cc(C(=O)NCCCl)[nH]c2cc2c1sc1ccccc12. The van der Waals surface area contributed by atoms with Crippen LogP contribution < -0.4 is 5.32 Å². The van der Waals surface area contributed by atoms with E-state index < -0.39 is 0 Å². The van der Waals surface area contributed by atoms with Crippen LogP contribution in [0.1, 0.15) is 16.1 Å². The predicted molar refractivity (Wildman–Crippen MR) is 99.0 cm³/mol. The maximum Gasteiger partial charge on any atom is 0.267 e. The molecule has 2 aromatic carbocycles. The van der Waals surface area contributed by atoms with Gasteiger partial charge in [0.15, 0.2) is 0 Å². The zero-order chi connectivity index (χ0) is 16.0. The maximum atomic E-state index is 12.1. The molecule has 0 fully saturated rings. The molecule has 1 amide bonds. The fraction of sp³-hybridized carbons (Fsp3) is 0.167. The Hall–Kier alpha value is -2.04. The zero-order valence-electron chi connectivity index (χ0n) is 12.6. The van der Waals surface area contributed by atoms with Crippen LogP contribution in [0.4, 0.5) is 0 Å². The number of aryl methyl sites for hydroxylation is 1. The summed E-state index contributed by atoms with van der Waals surface area (Å²) in [6.07, 6.45) is 0. The number of carbonyl (C=O) groups is 1. The highest BCUT2D eigenvalue weighted by Gasteiger charge is 2.14. The minimum atomic E-state index is -0.116. The third kappa shape index (κ3) is 2.30. The number of alkyl halides is 1. The number of nitrogens with one attached hydrogen (secondary N) is 2. The zero-order valence-corrected chi connectivity index (χ0v) is 14.1. The van der Waals surface area contributed by atoms with Gasteiger partial charge < -0.3 is 10.3 Å². The summed E-state index contributed by atoms with van der Waals surface area (Å²) in [6, 6.07) is 12.5. The summed E-state index contributed by atoms with van der Waals surface area (Å²) in [5, 5.41) is 6.40. The highest BCUT2D eigenvalue weighted by molar-refractivity contribution is 7.26. The quantitative estimate of drug-likeness (QED) is 0.515. The number of amides is 1. The average Bonchev–Trinajstić information content (AvgIpc) is 3.15. The van der Waals surface area contributed by atoms with E-state index >= 15 is 0 Å². The fourth-order valence-electron chi connectivity index (χ4n) is 3.03. The molecular formula is C18H15ClN2OS. The van der Waals surface area contributed by atoms with E-state index in [1.165, 1.54) is 25.7 Å². The first-order chi connectivity index (χ1) is 11.2. The summed E-state index contributed by atoms with van der Waals surface area (Å²) >= 11 is 7.43. The predicted octanol–water partition coefficient (Wildman–Crippen LogP) is 4.81. The first-order valence-electron chi connectivity index (χ1n) is 7.47. The van der Waals surface area contributed by atoms with Gasteiger partial charge in [-0.2, -0.15) is 0 Å². The topological polar surface area (TPSA) is 44.9 Å². The van der Waals surface area contributed by atoms with E-state index in [2.05, 4.69) is 47.6 Å². The van der Waals surface area contributed by atoms with Gasteiger partial charge >= 0.3 is 0 Å². The molecule has 2 aromatic heterocycles. The van der Waals surface area contributed by atoms with Crippen molar-refractivity contribution in [3.8, 4) is 0 Å². The van der Waals surface area contributed by atoms with Gasteiger partial charge in [-0.1, -0.05) is 18.2 Å². The number of halogens is 1. The van der Waals surface area contributed by atoms with E-state index in [1.54, 1.807) is 11.3 Å². The third-order valence-corrected chi connectivity index (χ3v) is 5.64. The molecule has 0 aliphatic carbocycles. The summed E-state index contributed by atoms with van der Waals surface area (Å²) in [5.41, 5.74) is 2.79. The van der Waals surface area contributed by atoms with Crippen LogP contribution in [0.15, 0.2) is 36.4 Å². The van der Waals surface area contributed by atoms with Gasteiger partial charge in [-0.15, -0.1) is 22.9 Å². The molecule has 4 aromatic rings. The Kier molecular flexibility index (Phi) is 3.51. The molecule has 23 heavy (non-hydrogen) atoms. The molecule has 0 atom stereocenters. The molecule has 2 heterocycles. The highest BCUT2D eigenvalue weighted by atomic mass is 35.5. The van der Waals surface area contributed by atoms with Crippen LogP contribution in [-0.2, 0) is 0 Å². The minimum absolute atomic E-state index is 0.116. The molecule has 5 heteroatoms. The lowest BCUT2D eigenvalue weighted by atomic mass is 10.1. The second-order valence-corrected chi connectivity index (χ2v) is 7.00. The monoisotopic (exact) mass is 342 g/mol. The molecule has 0 aliphatic rings. The Balaban J connectivity index is 1.93. The largest absolute Gasteiger partial charge is 0.351 e. The average molecular weight is 343 g/mol. The van der Waals surface area contributed by atoms with E-state index in [0.29, 0.717) is 18.1 Å². The van der Waals surface area contributed by atoms with Gasteiger partial charge in [0.05, 0.1) is 0 Å². The summed E-state index contributed by atoms with van der Waals surface area (Å²) in [6.45, 7) is 2.59. The summed E-state index contributed by atoms with van der Waals surface area (Å²) in [7, 11) is 0. The first kappa shape index (κ1) is 14.5. The second-order valence-electron chi connectivity index (χ2n) is 5.57. The molecular weight excluding hydrogens is 328 g/mol. The van der Waals surface area contributed by atoms with Crippen LogP contribution in [-0.4, -0.2) is 23.3 Å². The Morgan fingerprint density at radius 3 is 2.87 bits per heavy atom. The van der Waals surface area contributed by atoms with Crippen molar-refractivity contribution in [2.24, 2.45) is 0 Å². The molecule has 0 saturated heterocycles. The van der Waals surface area contributed by atoms with Crippen molar-refractivity contribution in [2.45, 2.75) is 6.92 Å². The van der Waals surface area contributed by atoms with Crippen LogP contribution in [0.5, 0.6) is 0 Å². The van der Waals surface area contributed by atoms with Crippen molar-refractivity contribution in [2.75, 3.05) is 12.4 Å². The van der Waals surface area contributed by atoms with Gasteiger partial charge in [-0.3, -0.25) is 4.79 Å². The highest BCUT2D eigenvalue weighted by Crippen LogP contribution is 2.39.